The molecule has 5 heteroatoms. The van der Waals surface area contributed by atoms with E-state index < -0.39 is 12.0 Å². The van der Waals surface area contributed by atoms with Crippen LogP contribution in [0, 0.1) is 0 Å². The molecule has 1 atom stereocenters. The minimum Gasteiger partial charge on any atom is -0.480 e. The molecule has 1 aliphatic carbocycles. The predicted octanol–water partition coefficient (Wildman–Crippen LogP) is 0.404. The maximum Gasteiger partial charge on any atom is 0.323 e. The third kappa shape index (κ3) is 1.95. The number of carboxylic acids is 1. The minimum absolute atomic E-state index is 0. The number of nitrogens with one attached hydrogen (secondary N) is 1. The molecule has 1 unspecified atom stereocenters. The van der Waals surface area contributed by atoms with Crippen LogP contribution in [0.2, 0.25) is 0 Å². The second-order valence-electron chi connectivity index (χ2n) is 3.68. The molecular formula is C8H14ClNO3. The average Bonchev–Trinajstić information content (AvgIpc) is 2.02. The molecule has 2 fully saturated rings. The van der Waals surface area contributed by atoms with Crippen molar-refractivity contribution in [2.75, 3.05) is 13.2 Å². The summed E-state index contributed by atoms with van der Waals surface area (Å²) in [7, 11) is 0. The maximum absolute atomic E-state index is 10.6. The van der Waals surface area contributed by atoms with Crippen molar-refractivity contribution in [1.82, 2.24) is 5.32 Å². The van der Waals surface area contributed by atoms with Gasteiger partial charge in [0, 0.05) is 5.54 Å². The van der Waals surface area contributed by atoms with Crippen LogP contribution in [0.1, 0.15) is 19.3 Å². The van der Waals surface area contributed by atoms with Crippen LogP contribution in [0.25, 0.3) is 0 Å². The summed E-state index contributed by atoms with van der Waals surface area (Å²) in [6.45, 7) is 0.980. The van der Waals surface area contributed by atoms with Gasteiger partial charge in [0.25, 0.3) is 0 Å². The first-order chi connectivity index (χ1) is 5.72. The Morgan fingerprint density at radius 1 is 1.54 bits per heavy atom. The molecule has 13 heavy (non-hydrogen) atoms. The number of carbonyl (C=O) groups is 1. The molecule has 0 radical (unpaired) electrons. The van der Waals surface area contributed by atoms with Gasteiger partial charge in [-0.25, -0.2) is 0 Å². The summed E-state index contributed by atoms with van der Waals surface area (Å²) < 4.78 is 5.26. The number of hydrogen-bond donors (Lipinski definition) is 2. The quantitative estimate of drug-likeness (QED) is 0.654. The number of aliphatic carboxylic acids is 1. The predicted molar refractivity (Wildman–Crippen MR) is 49.2 cm³/mol. The molecule has 0 aromatic heterocycles. The number of morpholine rings is 1. The lowest BCUT2D eigenvalue weighted by atomic mass is 9.76. The van der Waals surface area contributed by atoms with Gasteiger partial charge in [-0.05, 0) is 19.3 Å². The van der Waals surface area contributed by atoms with Crippen LogP contribution < -0.4 is 5.32 Å². The average molecular weight is 208 g/mol. The molecule has 1 saturated carbocycles. The fourth-order valence-corrected chi connectivity index (χ4v) is 1.85. The van der Waals surface area contributed by atoms with Gasteiger partial charge in [-0.1, -0.05) is 0 Å². The highest BCUT2D eigenvalue weighted by Crippen LogP contribution is 2.34. The Morgan fingerprint density at radius 2 is 2.23 bits per heavy atom. The lowest BCUT2D eigenvalue weighted by Gasteiger charge is -2.47. The fraction of sp³-hybridized carbons (Fsp3) is 0.875. The van der Waals surface area contributed by atoms with E-state index in [1.807, 2.05) is 0 Å². The Balaban J connectivity index is 0.000000845. The largest absolute Gasteiger partial charge is 0.480 e. The minimum atomic E-state index is -0.805. The normalized spacial score (nSPS) is 30.3. The molecule has 2 rings (SSSR count). The Hall–Kier alpha value is -0.320. The highest BCUT2D eigenvalue weighted by atomic mass is 35.5. The standard InChI is InChI=1S/C8H13NO3.ClH/c10-7(11)6-4-12-5-8(9-6)2-1-3-8;/h6,9H,1-5H2,(H,10,11);1H. The van der Waals surface area contributed by atoms with Gasteiger partial charge in [-0.2, -0.15) is 0 Å². The van der Waals surface area contributed by atoms with Crippen LogP contribution in [-0.2, 0) is 9.53 Å². The third-order valence-electron chi connectivity index (χ3n) is 2.75. The molecule has 76 valence electrons. The van der Waals surface area contributed by atoms with Gasteiger partial charge in [0.2, 0.25) is 0 Å². The zero-order valence-electron chi connectivity index (χ0n) is 7.28. The van der Waals surface area contributed by atoms with E-state index >= 15 is 0 Å². The van der Waals surface area contributed by atoms with Crippen molar-refractivity contribution in [3.8, 4) is 0 Å². The van der Waals surface area contributed by atoms with Crippen molar-refractivity contribution in [3.05, 3.63) is 0 Å². The van der Waals surface area contributed by atoms with Gasteiger partial charge >= 0.3 is 5.97 Å². The summed E-state index contributed by atoms with van der Waals surface area (Å²) in [5.41, 5.74) is 0.00130. The maximum atomic E-state index is 10.6. The first-order valence-corrected chi connectivity index (χ1v) is 4.30. The van der Waals surface area contributed by atoms with Crippen molar-refractivity contribution in [1.29, 1.82) is 0 Å². The van der Waals surface area contributed by atoms with E-state index in [1.54, 1.807) is 0 Å². The van der Waals surface area contributed by atoms with Gasteiger partial charge in [0.15, 0.2) is 0 Å². The van der Waals surface area contributed by atoms with E-state index in [0.717, 1.165) is 12.8 Å². The molecule has 1 spiro atoms. The zero-order chi connectivity index (χ0) is 8.60. The number of ether oxygens (including phenoxy) is 1. The van der Waals surface area contributed by atoms with Gasteiger partial charge in [0.1, 0.15) is 6.04 Å². The number of carboxylic acid groups (broad SMARTS) is 1. The van der Waals surface area contributed by atoms with Crippen LogP contribution >= 0.6 is 12.4 Å². The first-order valence-electron chi connectivity index (χ1n) is 4.30. The van der Waals surface area contributed by atoms with Crippen LogP contribution in [0.4, 0.5) is 0 Å². The van der Waals surface area contributed by atoms with Crippen molar-refractivity contribution >= 4 is 18.4 Å². The lowest BCUT2D eigenvalue weighted by molar-refractivity contribution is -0.147. The fourth-order valence-electron chi connectivity index (χ4n) is 1.85. The topological polar surface area (TPSA) is 58.6 Å². The van der Waals surface area contributed by atoms with Gasteiger partial charge in [-0.15, -0.1) is 12.4 Å². The summed E-state index contributed by atoms with van der Waals surface area (Å²) in [5, 5.41) is 11.9. The molecule has 0 aromatic rings. The van der Waals surface area contributed by atoms with Crippen LogP contribution in [0.3, 0.4) is 0 Å². The molecule has 1 aliphatic heterocycles. The Morgan fingerprint density at radius 3 is 2.69 bits per heavy atom. The summed E-state index contributed by atoms with van der Waals surface area (Å²) in [4.78, 5) is 10.6. The zero-order valence-corrected chi connectivity index (χ0v) is 8.10. The molecule has 1 heterocycles. The summed E-state index contributed by atoms with van der Waals surface area (Å²) in [6, 6.07) is -0.501. The first kappa shape index (κ1) is 10.8. The van der Waals surface area contributed by atoms with Crippen molar-refractivity contribution in [2.45, 2.75) is 30.8 Å². The smallest absolute Gasteiger partial charge is 0.323 e. The molecule has 0 aromatic carbocycles. The molecule has 1 saturated heterocycles. The number of hydrogen-bond acceptors (Lipinski definition) is 3. The second-order valence-corrected chi connectivity index (χ2v) is 3.68. The highest BCUT2D eigenvalue weighted by molar-refractivity contribution is 5.85. The van der Waals surface area contributed by atoms with E-state index in [2.05, 4.69) is 5.32 Å². The van der Waals surface area contributed by atoms with Gasteiger partial charge in [0.05, 0.1) is 13.2 Å². The van der Waals surface area contributed by atoms with Crippen molar-refractivity contribution in [3.63, 3.8) is 0 Å². The monoisotopic (exact) mass is 207 g/mol. The lowest BCUT2D eigenvalue weighted by Crippen LogP contribution is -2.64. The van der Waals surface area contributed by atoms with Crippen molar-refractivity contribution < 1.29 is 14.6 Å². The Labute approximate surface area is 83.1 Å². The molecule has 2 N–H and O–H groups in total. The SMILES string of the molecule is Cl.O=C(O)C1COCC2(CCC2)N1. The van der Waals surface area contributed by atoms with Crippen LogP contribution in [0.5, 0.6) is 0 Å². The van der Waals surface area contributed by atoms with Gasteiger partial charge < -0.3 is 9.84 Å². The highest BCUT2D eigenvalue weighted by Gasteiger charge is 2.43. The Kier molecular flexibility index (Phi) is 3.16. The molecule has 2 aliphatic rings. The molecular weight excluding hydrogens is 194 g/mol. The summed E-state index contributed by atoms with van der Waals surface area (Å²) >= 11 is 0. The van der Waals surface area contributed by atoms with Gasteiger partial charge in [-0.3, -0.25) is 10.1 Å². The third-order valence-corrected chi connectivity index (χ3v) is 2.75. The van der Waals surface area contributed by atoms with E-state index in [0.29, 0.717) is 13.2 Å². The number of halogens is 1. The molecule has 0 bridgehead atoms. The molecule has 4 nitrogen and oxygen atoms in total. The summed E-state index contributed by atoms with van der Waals surface area (Å²) in [6.07, 6.45) is 3.29. The Bertz CT molecular complexity index is 206. The van der Waals surface area contributed by atoms with E-state index in [4.69, 9.17) is 9.84 Å². The van der Waals surface area contributed by atoms with Crippen molar-refractivity contribution in [2.24, 2.45) is 0 Å². The van der Waals surface area contributed by atoms with E-state index in [9.17, 15) is 4.79 Å². The second kappa shape index (κ2) is 3.82. The van der Waals surface area contributed by atoms with Crippen LogP contribution in [-0.4, -0.2) is 35.9 Å². The van der Waals surface area contributed by atoms with E-state index in [-0.39, 0.29) is 17.9 Å². The van der Waals surface area contributed by atoms with Crippen LogP contribution in [0.15, 0.2) is 0 Å². The van der Waals surface area contributed by atoms with E-state index in [1.165, 1.54) is 6.42 Å². The molecule has 0 amide bonds. The number of rotatable bonds is 1. The summed E-state index contributed by atoms with van der Waals surface area (Å²) in [5.74, 6) is -0.805.